The van der Waals surface area contributed by atoms with Gasteiger partial charge in [0.15, 0.2) is 5.13 Å². The van der Waals surface area contributed by atoms with Gasteiger partial charge >= 0.3 is 0 Å². The molecule has 7 heteroatoms. The Labute approximate surface area is 128 Å². The van der Waals surface area contributed by atoms with E-state index in [4.69, 9.17) is 5.73 Å². The Morgan fingerprint density at radius 3 is 2.76 bits per heavy atom. The summed E-state index contributed by atoms with van der Waals surface area (Å²) in [5.41, 5.74) is 8.55. The van der Waals surface area contributed by atoms with E-state index in [0.717, 1.165) is 26.7 Å². The molecule has 3 aromatic rings. The van der Waals surface area contributed by atoms with E-state index in [1.54, 1.807) is 18.8 Å². The third-order valence-electron chi connectivity index (χ3n) is 3.13. The van der Waals surface area contributed by atoms with Crippen LogP contribution in [-0.2, 0) is 10.8 Å². The van der Waals surface area contributed by atoms with Crippen LogP contribution in [0.15, 0.2) is 41.8 Å². The van der Waals surface area contributed by atoms with Gasteiger partial charge in [0.05, 0.1) is 38.3 Å². The second kappa shape index (κ2) is 5.42. The van der Waals surface area contributed by atoms with Crippen LogP contribution in [-0.4, -0.2) is 25.0 Å². The molecule has 0 amide bonds. The SMILES string of the molecule is Cc1nc(N)sc1-c1ccc(S(C)=O)c(-n2ccnc2)c1. The summed E-state index contributed by atoms with van der Waals surface area (Å²) in [5, 5.41) is 0.551. The lowest BCUT2D eigenvalue weighted by Crippen LogP contribution is -1.99. The van der Waals surface area contributed by atoms with E-state index in [2.05, 4.69) is 9.97 Å². The summed E-state index contributed by atoms with van der Waals surface area (Å²) in [5.74, 6) is 0. The van der Waals surface area contributed by atoms with E-state index >= 15 is 0 Å². The molecule has 0 aliphatic rings. The van der Waals surface area contributed by atoms with E-state index < -0.39 is 10.8 Å². The second-order valence-corrected chi connectivity index (χ2v) is 6.95. The number of rotatable bonds is 3. The number of nitrogen functional groups attached to an aromatic ring is 1. The van der Waals surface area contributed by atoms with Gasteiger partial charge in [-0.3, -0.25) is 4.21 Å². The molecule has 0 aliphatic heterocycles. The van der Waals surface area contributed by atoms with E-state index in [9.17, 15) is 4.21 Å². The Balaban J connectivity index is 2.19. The van der Waals surface area contributed by atoms with Gasteiger partial charge in [0, 0.05) is 18.6 Å². The maximum absolute atomic E-state index is 11.9. The first kappa shape index (κ1) is 14.0. The fraction of sp³-hybridized carbons (Fsp3) is 0.143. The minimum Gasteiger partial charge on any atom is -0.375 e. The predicted octanol–water partition coefficient (Wildman–Crippen LogP) is 2.62. The van der Waals surface area contributed by atoms with E-state index in [0.29, 0.717) is 5.13 Å². The molecule has 0 fully saturated rings. The number of hydrogen-bond donors (Lipinski definition) is 1. The maximum Gasteiger partial charge on any atom is 0.180 e. The molecule has 0 saturated heterocycles. The Kier molecular flexibility index (Phi) is 3.60. The average molecular weight is 318 g/mol. The number of imidazole rings is 1. The molecular weight excluding hydrogens is 304 g/mol. The van der Waals surface area contributed by atoms with Crippen molar-refractivity contribution in [3.8, 4) is 16.1 Å². The van der Waals surface area contributed by atoms with Crippen LogP contribution in [0.25, 0.3) is 16.1 Å². The number of nitrogens with zero attached hydrogens (tertiary/aromatic N) is 3. The summed E-state index contributed by atoms with van der Waals surface area (Å²) in [6.45, 7) is 1.94. The fourth-order valence-corrected chi connectivity index (χ4v) is 3.74. The molecule has 2 heterocycles. The molecule has 1 aromatic carbocycles. The first-order valence-electron chi connectivity index (χ1n) is 6.25. The standard InChI is InChI=1S/C14H14N4OS2/c1-9-13(20-14(15)17-9)10-3-4-12(21(2)19)11(7-10)18-6-5-16-8-18/h3-8H,1-2H3,(H2,15,17). The predicted molar refractivity (Wildman–Crippen MR) is 86.2 cm³/mol. The lowest BCUT2D eigenvalue weighted by atomic mass is 10.1. The van der Waals surface area contributed by atoms with Crippen LogP contribution in [0.2, 0.25) is 0 Å². The van der Waals surface area contributed by atoms with Crippen molar-refractivity contribution in [1.29, 1.82) is 0 Å². The van der Waals surface area contributed by atoms with E-state index in [1.165, 1.54) is 11.3 Å². The summed E-state index contributed by atoms with van der Waals surface area (Å²) in [6.07, 6.45) is 6.91. The van der Waals surface area contributed by atoms with Crippen molar-refractivity contribution in [2.75, 3.05) is 12.0 Å². The molecule has 3 rings (SSSR count). The number of hydrogen-bond acceptors (Lipinski definition) is 5. The van der Waals surface area contributed by atoms with Gasteiger partial charge in [0.2, 0.25) is 0 Å². The molecule has 1 atom stereocenters. The number of benzene rings is 1. The number of aryl methyl sites for hydroxylation is 1. The van der Waals surface area contributed by atoms with Gasteiger partial charge in [-0.05, 0) is 24.6 Å². The summed E-state index contributed by atoms with van der Waals surface area (Å²) >= 11 is 1.45. The lowest BCUT2D eigenvalue weighted by molar-refractivity contribution is 0.686. The van der Waals surface area contributed by atoms with Gasteiger partial charge in [-0.25, -0.2) is 9.97 Å². The molecule has 21 heavy (non-hydrogen) atoms. The minimum absolute atomic E-state index is 0.551. The monoisotopic (exact) mass is 318 g/mol. The summed E-state index contributed by atoms with van der Waals surface area (Å²) in [7, 11) is -1.08. The van der Waals surface area contributed by atoms with Crippen LogP contribution in [0.1, 0.15) is 5.69 Å². The first-order valence-corrected chi connectivity index (χ1v) is 8.63. The van der Waals surface area contributed by atoms with Crippen LogP contribution < -0.4 is 5.73 Å². The van der Waals surface area contributed by atoms with Crippen molar-refractivity contribution in [3.63, 3.8) is 0 Å². The molecule has 108 valence electrons. The van der Waals surface area contributed by atoms with Gasteiger partial charge in [0.25, 0.3) is 0 Å². The lowest BCUT2D eigenvalue weighted by Gasteiger charge is -2.10. The third-order valence-corrected chi connectivity index (χ3v) is 5.13. The van der Waals surface area contributed by atoms with Crippen molar-refractivity contribution in [1.82, 2.24) is 14.5 Å². The quantitative estimate of drug-likeness (QED) is 0.805. The molecule has 5 nitrogen and oxygen atoms in total. The number of nitrogens with two attached hydrogens (primary N) is 1. The van der Waals surface area contributed by atoms with Gasteiger partial charge in [-0.15, -0.1) is 0 Å². The molecular formula is C14H14N4OS2. The first-order chi connectivity index (χ1) is 10.1. The van der Waals surface area contributed by atoms with E-state index in [1.807, 2.05) is 35.9 Å². The highest BCUT2D eigenvalue weighted by atomic mass is 32.2. The summed E-state index contributed by atoms with van der Waals surface area (Å²) < 4.78 is 13.8. The van der Waals surface area contributed by atoms with Crippen molar-refractivity contribution < 1.29 is 4.21 Å². The van der Waals surface area contributed by atoms with Gasteiger partial charge < -0.3 is 10.3 Å². The molecule has 2 aromatic heterocycles. The molecule has 1 unspecified atom stereocenters. The highest BCUT2D eigenvalue weighted by Gasteiger charge is 2.13. The van der Waals surface area contributed by atoms with Crippen LogP contribution in [0.5, 0.6) is 0 Å². The van der Waals surface area contributed by atoms with Gasteiger partial charge in [-0.2, -0.15) is 0 Å². The number of thiazole rings is 1. The Morgan fingerprint density at radius 1 is 1.38 bits per heavy atom. The zero-order chi connectivity index (χ0) is 15.0. The molecule has 0 aliphatic carbocycles. The van der Waals surface area contributed by atoms with Crippen LogP contribution in [0, 0.1) is 6.92 Å². The zero-order valence-corrected chi connectivity index (χ0v) is 13.2. The van der Waals surface area contributed by atoms with Gasteiger partial charge in [0.1, 0.15) is 0 Å². The van der Waals surface area contributed by atoms with E-state index in [-0.39, 0.29) is 0 Å². The van der Waals surface area contributed by atoms with Crippen LogP contribution >= 0.6 is 11.3 Å². The summed E-state index contributed by atoms with van der Waals surface area (Å²) in [6, 6.07) is 5.84. The normalized spacial score (nSPS) is 12.5. The smallest absolute Gasteiger partial charge is 0.180 e. The molecule has 0 radical (unpaired) electrons. The molecule has 2 N–H and O–H groups in total. The van der Waals surface area contributed by atoms with Crippen LogP contribution in [0.4, 0.5) is 5.13 Å². The second-order valence-electron chi connectivity index (χ2n) is 4.57. The number of aromatic nitrogens is 3. The van der Waals surface area contributed by atoms with Crippen molar-refractivity contribution in [3.05, 3.63) is 42.6 Å². The van der Waals surface area contributed by atoms with Crippen molar-refractivity contribution in [2.24, 2.45) is 0 Å². The zero-order valence-electron chi connectivity index (χ0n) is 11.6. The molecule has 0 bridgehead atoms. The summed E-state index contributed by atoms with van der Waals surface area (Å²) in [4.78, 5) is 10.1. The Hall–Kier alpha value is -1.99. The molecule has 0 saturated carbocycles. The largest absolute Gasteiger partial charge is 0.375 e. The Morgan fingerprint density at radius 2 is 2.19 bits per heavy atom. The van der Waals surface area contributed by atoms with Gasteiger partial charge in [-0.1, -0.05) is 17.4 Å². The third kappa shape index (κ3) is 2.62. The minimum atomic E-state index is -1.08. The van der Waals surface area contributed by atoms with Crippen LogP contribution in [0.3, 0.4) is 0 Å². The Bertz CT molecular complexity index is 809. The maximum atomic E-state index is 11.9. The highest BCUT2D eigenvalue weighted by Crippen LogP contribution is 2.33. The average Bonchev–Trinajstić information content (AvgIpc) is 3.07. The topological polar surface area (TPSA) is 73.8 Å². The molecule has 0 spiro atoms. The van der Waals surface area contributed by atoms with Crippen molar-refractivity contribution in [2.45, 2.75) is 11.8 Å². The fourth-order valence-electron chi connectivity index (χ4n) is 2.19. The highest BCUT2D eigenvalue weighted by molar-refractivity contribution is 7.84. The van der Waals surface area contributed by atoms with Crippen molar-refractivity contribution >= 4 is 27.3 Å². The number of anilines is 1.